The second kappa shape index (κ2) is 6.23. The van der Waals surface area contributed by atoms with Crippen molar-refractivity contribution in [1.82, 2.24) is 5.32 Å². The Morgan fingerprint density at radius 3 is 2.90 bits per heavy atom. The molecule has 0 aliphatic carbocycles. The van der Waals surface area contributed by atoms with E-state index in [1.54, 1.807) is 18.2 Å². The Morgan fingerprint density at radius 2 is 2.15 bits per heavy atom. The van der Waals surface area contributed by atoms with Crippen molar-refractivity contribution in [1.29, 1.82) is 0 Å². The van der Waals surface area contributed by atoms with E-state index in [0.717, 1.165) is 18.2 Å². The molecule has 0 spiro atoms. The first-order valence-corrected chi connectivity index (χ1v) is 6.69. The zero-order valence-corrected chi connectivity index (χ0v) is 11.4. The van der Waals surface area contributed by atoms with E-state index in [1.807, 2.05) is 0 Å². The molecule has 1 heterocycles. The van der Waals surface area contributed by atoms with Crippen molar-refractivity contribution in [3.05, 3.63) is 40.2 Å². The number of rotatable bonds is 5. The molecule has 0 fully saturated rings. The summed E-state index contributed by atoms with van der Waals surface area (Å²) in [4.78, 5) is 23.4. The van der Waals surface area contributed by atoms with Gasteiger partial charge in [-0.15, -0.1) is 0 Å². The number of nitrogens with two attached hydrogens (primary N) is 1. The standard InChI is InChI=1S/C15H18N2O3/c1-2-3-6-17-14(18)7-10-8-15(19)20-13-9-11(16)4-5-12(10)13/h4-5,8-9H,2-3,6-7,16H2,1H3,(H,17,18). The van der Waals surface area contributed by atoms with Crippen LogP contribution in [0.3, 0.4) is 0 Å². The number of anilines is 1. The summed E-state index contributed by atoms with van der Waals surface area (Å²) in [6, 6.07) is 6.44. The van der Waals surface area contributed by atoms with E-state index in [0.29, 0.717) is 23.4 Å². The number of carbonyl (C=O) groups is 1. The first-order valence-electron chi connectivity index (χ1n) is 6.69. The highest BCUT2D eigenvalue weighted by Crippen LogP contribution is 2.20. The summed E-state index contributed by atoms with van der Waals surface area (Å²) >= 11 is 0. The third-order valence-electron chi connectivity index (χ3n) is 3.06. The van der Waals surface area contributed by atoms with Gasteiger partial charge in [-0.3, -0.25) is 4.79 Å². The predicted molar refractivity (Wildman–Crippen MR) is 78.5 cm³/mol. The van der Waals surface area contributed by atoms with Crippen molar-refractivity contribution < 1.29 is 9.21 Å². The van der Waals surface area contributed by atoms with Gasteiger partial charge < -0.3 is 15.5 Å². The van der Waals surface area contributed by atoms with Crippen LogP contribution < -0.4 is 16.7 Å². The molecule has 0 aliphatic heterocycles. The van der Waals surface area contributed by atoms with Gasteiger partial charge in [-0.05, 0) is 24.1 Å². The van der Waals surface area contributed by atoms with E-state index in [2.05, 4.69) is 12.2 Å². The molecule has 0 radical (unpaired) electrons. The van der Waals surface area contributed by atoms with Crippen LogP contribution >= 0.6 is 0 Å². The highest BCUT2D eigenvalue weighted by atomic mass is 16.4. The molecule has 0 atom stereocenters. The topological polar surface area (TPSA) is 85.3 Å². The third kappa shape index (κ3) is 3.38. The molecule has 5 heteroatoms. The minimum absolute atomic E-state index is 0.0952. The van der Waals surface area contributed by atoms with E-state index >= 15 is 0 Å². The van der Waals surface area contributed by atoms with Gasteiger partial charge in [-0.25, -0.2) is 4.79 Å². The predicted octanol–water partition coefficient (Wildman–Crippen LogP) is 1.83. The molecule has 3 N–H and O–H groups in total. The summed E-state index contributed by atoms with van der Waals surface area (Å²) in [5.74, 6) is -0.0952. The van der Waals surface area contributed by atoms with Crippen molar-refractivity contribution in [2.24, 2.45) is 0 Å². The van der Waals surface area contributed by atoms with Crippen molar-refractivity contribution in [3.8, 4) is 0 Å². The van der Waals surface area contributed by atoms with E-state index in [4.69, 9.17) is 10.2 Å². The number of benzene rings is 1. The Labute approximate surface area is 116 Å². The molecule has 1 aromatic heterocycles. The molecule has 20 heavy (non-hydrogen) atoms. The summed E-state index contributed by atoms with van der Waals surface area (Å²) < 4.78 is 5.10. The average molecular weight is 274 g/mol. The third-order valence-corrected chi connectivity index (χ3v) is 3.06. The fourth-order valence-electron chi connectivity index (χ4n) is 2.03. The molecule has 2 rings (SSSR count). The largest absolute Gasteiger partial charge is 0.423 e. The lowest BCUT2D eigenvalue weighted by Gasteiger charge is -2.07. The van der Waals surface area contributed by atoms with Crippen LogP contribution in [0.1, 0.15) is 25.3 Å². The van der Waals surface area contributed by atoms with Gasteiger partial charge in [-0.2, -0.15) is 0 Å². The van der Waals surface area contributed by atoms with Gasteiger partial charge >= 0.3 is 5.63 Å². The number of hydrogen-bond acceptors (Lipinski definition) is 4. The van der Waals surface area contributed by atoms with Crippen LogP contribution in [-0.4, -0.2) is 12.5 Å². The fraction of sp³-hybridized carbons (Fsp3) is 0.333. The number of nitrogens with one attached hydrogen (secondary N) is 1. The SMILES string of the molecule is CCCCNC(=O)Cc1cc(=O)oc2cc(N)ccc12. The monoisotopic (exact) mass is 274 g/mol. The van der Waals surface area contributed by atoms with Crippen molar-refractivity contribution in [3.63, 3.8) is 0 Å². The smallest absolute Gasteiger partial charge is 0.336 e. The van der Waals surface area contributed by atoms with Crippen LogP contribution in [0.25, 0.3) is 11.0 Å². The minimum atomic E-state index is -0.473. The molecule has 1 amide bonds. The van der Waals surface area contributed by atoms with Crippen molar-refractivity contribution in [2.75, 3.05) is 12.3 Å². The van der Waals surface area contributed by atoms with Gasteiger partial charge in [-0.1, -0.05) is 13.3 Å². The van der Waals surface area contributed by atoms with Crippen molar-refractivity contribution >= 4 is 22.6 Å². The van der Waals surface area contributed by atoms with Gasteiger partial charge in [0.1, 0.15) is 5.58 Å². The Kier molecular flexibility index (Phi) is 4.40. The molecule has 5 nitrogen and oxygen atoms in total. The molecule has 0 aliphatic rings. The highest BCUT2D eigenvalue weighted by molar-refractivity contribution is 5.88. The second-order valence-corrected chi connectivity index (χ2v) is 4.73. The maximum absolute atomic E-state index is 11.8. The average Bonchev–Trinajstić information content (AvgIpc) is 2.38. The molecule has 0 saturated carbocycles. The number of unbranched alkanes of at least 4 members (excludes halogenated alkanes) is 1. The Hall–Kier alpha value is -2.30. The maximum Gasteiger partial charge on any atom is 0.336 e. The normalized spacial score (nSPS) is 10.7. The van der Waals surface area contributed by atoms with E-state index in [1.165, 1.54) is 6.07 Å². The Morgan fingerprint density at radius 1 is 1.35 bits per heavy atom. The molecule has 2 aromatic rings. The highest BCUT2D eigenvalue weighted by Gasteiger charge is 2.10. The van der Waals surface area contributed by atoms with E-state index < -0.39 is 5.63 Å². The number of nitrogen functional groups attached to an aromatic ring is 1. The Balaban J connectivity index is 2.25. The summed E-state index contributed by atoms with van der Waals surface area (Å²) in [5.41, 5.74) is 6.78. The van der Waals surface area contributed by atoms with Crippen molar-refractivity contribution in [2.45, 2.75) is 26.2 Å². The zero-order chi connectivity index (χ0) is 14.5. The van der Waals surface area contributed by atoms with Crippen LogP contribution in [0.4, 0.5) is 5.69 Å². The molecular formula is C15H18N2O3. The number of amides is 1. The van der Waals surface area contributed by atoms with Gasteiger partial charge in [0, 0.05) is 29.8 Å². The molecule has 0 unspecified atom stereocenters. The number of carbonyl (C=O) groups excluding carboxylic acids is 1. The molecular weight excluding hydrogens is 256 g/mol. The summed E-state index contributed by atoms with van der Waals surface area (Å²) in [7, 11) is 0. The van der Waals surface area contributed by atoms with Crippen LogP contribution in [0.15, 0.2) is 33.5 Å². The first-order chi connectivity index (χ1) is 9.60. The molecule has 0 bridgehead atoms. The molecule has 1 aromatic carbocycles. The van der Waals surface area contributed by atoms with Crippen LogP contribution in [-0.2, 0) is 11.2 Å². The van der Waals surface area contributed by atoms with Crippen LogP contribution in [0.2, 0.25) is 0 Å². The maximum atomic E-state index is 11.8. The van der Waals surface area contributed by atoms with Gasteiger partial charge in [0.2, 0.25) is 5.91 Å². The van der Waals surface area contributed by atoms with E-state index in [9.17, 15) is 9.59 Å². The Bertz CT molecular complexity index is 676. The minimum Gasteiger partial charge on any atom is -0.423 e. The van der Waals surface area contributed by atoms with Crippen LogP contribution in [0, 0.1) is 0 Å². The van der Waals surface area contributed by atoms with Gasteiger partial charge in [0.15, 0.2) is 0 Å². The number of hydrogen-bond donors (Lipinski definition) is 2. The lowest BCUT2D eigenvalue weighted by atomic mass is 10.1. The lowest BCUT2D eigenvalue weighted by Crippen LogP contribution is -2.26. The second-order valence-electron chi connectivity index (χ2n) is 4.73. The molecule has 0 saturated heterocycles. The lowest BCUT2D eigenvalue weighted by molar-refractivity contribution is -0.120. The molecule has 106 valence electrons. The van der Waals surface area contributed by atoms with Gasteiger partial charge in [0.25, 0.3) is 0 Å². The van der Waals surface area contributed by atoms with Crippen LogP contribution in [0.5, 0.6) is 0 Å². The quantitative estimate of drug-likeness (QED) is 0.495. The number of fused-ring (bicyclic) bond motifs is 1. The summed E-state index contributed by atoms with van der Waals surface area (Å²) in [5, 5.41) is 3.57. The summed E-state index contributed by atoms with van der Waals surface area (Å²) in [6.45, 7) is 2.72. The fourth-order valence-corrected chi connectivity index (χ4v) is 2.03. The summed E-state index contributed by atoms with van der Waals surface area (Å²) in [6.07, 6.45) is 2.13. The zero-order valence-electron chi connectivity index (χ0n) is 11.4. The van der Waals surface area contributed by atoms with Gasteiger partial charge in [0.05, 0.1) is 6.42 Å². The first kappa shape index (κ1) is 14.1. The van der Waals surface area contributed by atoms with E-state index in [-0.39, 0.29) is 12.3 Å².